The summed E-state index contributed by atoms with van der Waals surface area (Å²) in [6, 6.07) is 68.0. The summed E-state index contributed by atoms with van der Waals surface area (Å²) >= 11 is 0. The average molecular weight is 2480 g/mol. The molecule has 0 bridgehead atoms. The first-order valence-corrected chi connectivity index (χ1v) is 48.1. The van der Waals surface area contributed by atoms with Gasteiger partial charge >= 0.3 is 84.3 Å². The van der Waals surface area contributed by atoms with Gasteiger partial charge in [0.25, 0.3) is 0 Å². The van der Waals surface area contributed by atoms with E-state index in [1.807, 2.05) is 208 Å². The molecular weight excluding hydrogens is 2390 g/mol. The van der Waals surface area contributed by atoms with Gasteiger partial charge in [-0.25, -0.2) is 10.2 Å². The van der Waals surface area contributed by atoms with Gasteiger partial charge in [0.05, 0.1) is 46.5 Å². The molecule has 0 fully saturated rings. The van der Waals surface area contributed by atoms with Crippen LogP contribution >= 0.6 is 0 Å². The molecule has 0 aliphatic rings. The van der Waals surface area contributed by atoms with Crippen molar-refractivity contribution in [2.75, 3.05) is 0 Å². The molecule has 0 aromatic carbocycles. The molecule has 18 aromatic heterocycles. The number of nitrogens with zero attached hydrogens (tertiary/aromatic N) is 26. The number of aromatic nitrogens is 26. The van der Waals surface area contributed by atoms with Crippen molar-refractivity contribution in [3.63, 3.8) is 0 Å². The maximum Gasteiger partial charge on any atom is 2.00 e. The second-order valence-electron chi connectivity index (χ2n) is 33.9. The summed E-state index contributed by atoms with van der Waals surface area (Å²) in [7, 11) is -3.01. The quantitative estimate of drug-likeness (QED) is 0.0450. The summed E-state index contributed by atoms with van der Waals surface area (Å²) < 4.78 is 39.1. The Kier molecular flexibility index (Phi) is 31.9. The van der Waals surface area contributed by atoms with Crippen molar-refractivity contribution in [1.29, 1.82) is 0 Å². The molecule has 34 heteroatoms. The van der Waals surface area contributed by atoms with Gasteiger partial charge < -0.3 is 37.5 Å². The van der Waals surface area contributed by atoms with E-state index in [2.05, 4.69) is 195 Å². The molecule has 668 valence electrons. The van der Waals surface area contributed by atoms with Crippen LogP contribution in [0.25, 0.3) is 69.1 Å². The summed E-state index contributed by atoms with van der Waals surface area (Å²) in [5.74, 6) is 4.04. The van der Waals surface area contributed by atoms with Gasteiger partial charge in [-0.15, -0.1) is 48.5 Å². The largest absolute Gasteiger partial charge is 2.00 e. The van der Waals surface area contributed by atoms with E-state index in [1.165, 1.54) is 9.36 Å². The van der Waals surface area contributed by atoms with Crippen LogP contribution in [-0.2, 0) is 119 Å². The minimum absolute atomic E-state index is 0. The molecule has 18 aromatic rings. The van der Waals surface area contributed by atoms with E-state index in [-0.39, 0.29) is 84.3 Å². The van der Waals surface area contributed by atoms with Gasteiger partial charge in [0.1, 0.15) is 11.9 Å². The van der Waals surface area contributed by atoms with Crippen LogP contribution in [0.5, 0.6) is 0 Å². The Morgan fingerprint density at radius 1 is 0.262 bits per heavy atom. The molecule has 0 N–H and O–H groups in total. The number of halogens is 2. The number of aryl methyl sites for hydroxylation is 2. The predicted molar refractivity (Wildman–Crippen MR) is 481 cm³/mol. The molecule has 0 atom stereocenters. The van der Waals surface area contributed by atoms with Gasteiger partial charge in [-0.1, -0.05) is 224 Å². The van der Waals surface area contributed by atoms with Crippen LogP contribution in [0, 0.1) is 61.5 Å². The van der Waals surface area contributed by atoms with Crippen LogP contribution in [0.4, 0.5) is 8.78 Å². The van der Waals surface area contributed by atoms with Crippen LogP contribution in [0.3, 0.4) is 0 Å². The fourth-order valence-electron chi connectivity index (χ4n) is 13.3. The van der Waals surface area contributed by atoms with Crippen molar-refractivity contribution in [2.24, 2.45) is 0 Å². The van der Waals surface area contributed by atoms with Crippen molar-refractivity contribution in [3.05, 3.63) is 362 Å². The molecular formula is C96H92F2N26Pt4Si2. The first-order valence-electron chi connectivity index (χ1n) is 41.1. The van der Waals surface area contributed by atoms with Crippen LogP contribution in [-0.4, -0.2) is 144 Å². The van der Waals surface area contributed by atoms with Gasteiger partial charge in [-0.05, 0) is 162 Å². The molecule has 0 aliphatic heterocycles. The third-order valence-corrected chi connectivity index (χ3v) is 24.8. The normalized spacial score (nSPS) is 11.6. The Morgan fingerprint density at radius 3 is 0.677 bits per heavy atom. The maximum atomic E-state index is 13.2. The summed E-state index contributed by atoms with van der Waals surface area (Å²) in [4.78, 5) is 46.8. The molecule has 130 heavy (non-hydrogen) atoms. The Labute approximate surface area is 814 Å². The summed E-state index contributed by atoms with van der Waals surface area (Å²) in [5, 5.41) is 37.5. The molecule has 0 amide bonds. The zero-order valence-corrected chi connectivity index (χ0v) is 85.2. The molecule has 0 aliphatic carbocycles. The van der Waals surface area contributed by atoms with Crippen molar-refractivity contribution >= 4 is 26.8 Å². The van der Waals surface area contributed by atoms with Gasteiger partial charge in [0.15, 0.2) is 0 Å². The fraction of sp³-hybridized carbons (Fsp3) is 0.229. The first kappa shape index (κ1) is 98.8. The molecule has 0 saturated heterocycles. The van der Waals surface area contributed by atoms with E-state index < -0.39 is 49.7 Å². The third kappa shape index (κ3) is 22.8. The molecule has 0 spiro atoms. The Hall–Kier alpha value is -11.8. The van der Waals surface area contributed by atoms with E-state index in [4.69, 9.17) is 40.1 Å². The van der Waals surface area contributed by atoms with Crippen molar-refractivity contribution in [1.82, 2.24) is 128 Å². The van der Waals surface area contributed by atoms with Crippen LogP contribution in [0.15, 0.2) is 243 Å². The predicted octanol–water partition coefficient (Wildman–Crippen LogP) is 15.7. The third-order valence-electron chi connectivity index (χ3n) is 21.2. The number of rotatable bonds is 22. The summed E-state index contributed by atoms with van der Waals surface area (Å²) in [6.45, 7) is 34.5. The fourth-order valence-corrected chi connectivity index (χ4v) is 15.1. The first-order chi connectivity index (χ1) is 60.4. The summed E-state index contributed by atoms with van der Waals surface area (Å²) in [6.07, 6.45) is 33.2. The number of hydrogen-bond acceptors (Lipinski definition) is 18. The van der Waals surface area contributed by atoms with Crippen molar-refractivity contribution in [2.45, 2.75) is 143 Å². The van der Waals surface area contributed by atoms with E-state index in [0.29, 0.717) is 34.7 Å². The zero-order valence-electron chi connectivity index (χ0n) is 74.2. The molecule has 0 unspecified atom stereocenters. The molecule has 18 heterocycles. The molecule has 0 saturated carbocycles. The topological polar surface area (TPSA) is 271 Å². The van der Waals surface area contributed by atoms with Crippen molar-refractivity contribution < 1.29 is 93.0 Å². The molecule has 26 nitrogen and oxygen atoms in total. The summed E-state index contributed by atoms with van der Waals surface area (Å²) in [5.41, 5.74) is 10.5. The second-order valence-corrected chi connectivity index (χ2v) is 43.9. The standard InChI is InChI=1S/C29H22N8.C25H32N6Si2.C23H24N6.C19H14F2N6.4Pt/c1-29(2,25-5-3-7-27(32-25)36-19-13-23(34-36)21-9-15-30-16-10-21)26-6-4-8-28(33-26)37-20-14-24(35-37)22-11-17-31-18-12-22;1-25(2,19-11-9-13-21(26-19)30-17-15-23(28-30)32(3,4)5)20-12-10-14-22(27-20)31-18-16-24(29-31)33(6,7)8;1-5-17-13-15-28(26-17)21-11-7-9-19(24-21)23(3,4)20-10-8-12-22(25-20)29-16-14-18(6-2)27-29;1-19(2,13-5-3-7-17(22-13)26-11-9-15(20)24-26)14-6-4-8-18(23-14)27-12-10-16(21)25-27;;;;/h3-18H,1-2H3;9-16H,1-8H3;7-14H,5-6H2,1-4H3;3-10H,1-2H3;;;;/q4*-2;4*+2. The minimum Gasteiger partial charge on any atom is -0.344 e. The van der Waals surface area contributed by atoms with Gasteiger partial charge in [-0.2, -0.15) is 0 Å². The monoisotopic (exact) mass is 2480 g/mol. The smallest absolute Gasteiger partial charge is 0.344 e. The van der Waals surface area contributed by atoms with Gasteiger partial charge in [0, 0.05) is 108 Å². The molecule has 0 radical (unpaired) electrons. The average Bonchev–Trinajstić information content (AvgIpc) is 1.70. The van der Waals surface area contributed by atoms with Crippen LogP contribution in [0.1, 0.15) is 126 Å². The SMILES string of the molecule is CC(C)(c1cccc(-n2[c-]cc(-c3ccncc3)n2)n1)c1cccc(-n2[c-]cc(-c3ccncc3)n2)n1.CC(C)(c1cccc(-n2[c-]cc(F)n2)n1)c1cccc(-n2[c-]cc(F)n2)n1.CC(C)(c1cccc(-n2[c-]cc([Si](C)(C)C)n2)n1)c1cccc(-n2[c-]cc([Si](C)(C)C)n2)n1.CCc1c[c-]n(-c2cccc(C(C)(C)c3cccc(-n4[c-]cc(CC)n4)n3)n2)n1.[Pt+2].[Pt+2].[Pt+2].[Pt+2]. The van der Waals surface area contributed by atoms with Gasteiger partial charge in [0.2, 0.25) is 0 Å². The van der Waals surface area contributed by atoms with E-state index in [0.717, 1.165) is 127 Å². The van der Waals surface area contributed by atoms with Gasteiger partial charge in [-0.3, -0.25) is 89.2 Å². The Balaban J connectivity index is 0.000000167. The second kappa shape index (κ2) is 42.0. The van der Waals surface area contributed by atoms with Crippen molar-refractivity contribution in [3.8, 4) is 69.1 Å². The maximum absolute atomic E-state index is 13.2. The van der Waals surface area contributed by atoms with E-state index in [9.17, 15) is 8.78 Å². The Morgan fingerprint density at radius 2 is 0.469 bits per heavy atom. The van der Waals surface area contributed by atoms with E-state index in [1.54, 1.807) is 65.0 Å². The molecule has 18 rings (SSSR count). The Bertz CT molecular complexity index is 6380. The van der Waals surface area contributed by atoms with Crippen LogP contribution < -0.4 is 10.6 Å². The number of hydrogen-bond donors (Lipinski definition) is 0. The zero-order chi connectivity index (χ0) is 88.7. The van der Waals surface area contributed by atoms with Crippen LogP contribution in [0.2, 0.25) is 39.3 Å². The number of pyridine rings is 10. The van der Waals surface area contributed by atoms with E-state index >= 15 is 0 Å². The minimum atomic E-state index is -1.51.